The van der Waals surface area contributed by atoms with Crippen LogP contribution in [0.2, 0.25) is 0 Å². The lowest BCUT2D eigenvalue weighted by Gasteiger charge is -2.18. The van der Waals surface area contributed by atoms with E-state index in [1.54, 1.807) is 0 Å². The molecule has 0 bridgehead atoms. The summed E-state index contributed by atoms with van der Waals surface area (Å²) in [6.45, 7) is 6.39. The number of unbranched alkanes of at least 4 members (excludes halogenated alkanes) is 19. The number of rotatable bonds is 48. The maximum atomic E-state index is 12.7. The Labute approximate surface area is 412 Å². The van der Waals surface area contributed by atoms with Crippen LogP contribution in [0.25, 0.3) is 0 Å². The molecular weight excluding hydrogens is 829 g/mol. The molecule has 0 amide bonds. The highest BCUT2D eigenvalue weighted by molar-refractivity contribution is 5.71. The number of ether oxygens (including phenoxy) is 3. The largest absolute Gasteiger partial charge is 0.462 e. The fourth-order valence-electron chi connectivity index (χ4n) is 7.16. The van der Waals surface area contributed by atoms with Crippen molar-refractivity contribution in [2.24, 2.45) is 0 Å². The van der Waals surface area contributed by atoms with Gasteiger partial charge in [0.15, 0.2) is 6.10 Å². The summed E-state index contributed by atoms with van der Waals surface area (Å²) in [6.07, 6.45) is 74.1. The highest BCUT2D eigenvalue weighted by Crippen LogP contribution is 2.13. The van der Waals surface area contributed by atoms with Crippen molar-refractivity contribution in [2.45, 2.75) is 245 Å². The standard InChI is InChI=1S/C61H100O6/c1-4-7-10-13-15-17-19-21-22-23-24-25-26-27-28-29-30-31-32-33-34-35-36-37-38-40-41-43-45-48-51-54-60(63)66-57-58(56-65-59(62)53-50-47-12-9-6-3)67-61(64)55-52-49-46-44-42-39-20-18-16-14-11-8-5-2/h7,10,15,17-18,20-22,24-25,27-28,30-31,33-34,36-37,58H,4-6,8-9,11-14,16,19,23,26,29,32,35,38-57H2,1-3H3/b10-7-,17-15-,20-18-,22-21-,25-24-,28-27-,31-30-,34-33-,37-36-. The van der Waals surface area contributed by atoms with Crippen LogP contribution < -0.4 is 0 Å². The number of carbonyl (C=O) groups excluding carboxylic acids is 3. The zero-order valence-corrected chi connectivity index (χ0v) is 43.4. The Hall–Kier alpha value is -3.93. The van der Waals surface area contributed by atoms with Crippen LogP contribution in [0.1, 0.15) is 239 Å². The third kappa shape index (κ3) is 52.9. The third-order valence-electron chi connectivity index (χ3n) is 11.3. The summed E-state index contributed by atoms with van der Waals surface area (Å²) in [5, 5.41) is 0. The minimum atomic E-state index is -0.785. The fourth-order valence-corrected chi connectivity index (χ4v) is 7.16. The second-order valence-electron chi connectivity index (χ2n) is 17.8. The fraction of sp³-hybridized carbons (Fsp3) is 0.656. The second kappa shape index (κ2) is 54.7. The van der Waals surface area contributed by atoms with Crippen molar-refractivity contribution < 1.29 is 28.6 Å². The predicted octanol–water partition coefficient (Wildman–Crippen LogP) is 18.3. The van der Waals surface area contributed by atoms with Crippen LogP contribution in [0.4, 0.5) is 0 Å². The van der Waals surface area contributed by atoms with Crippen molar-refractivity contribution in [1.29, 1.82) is 0 Å². The van der Waals surface area contributed by atoms with Crippen LogP contribution in [0.15, 0.2) is 109 Å². The molecule has 0 saturated carbocycles. The molecule has 0 rings (SSSR count). The summed E-state index contributed by atoms with van der Waals surface area (Å²) in [4.78, 5) is 37.7. The van der Waals surface area contributed by atoms with E-state index in [9.17, 15) is 14.4 Å². The van der Waals surface area contributed by atoms with Crippen molar-refractivity contribution in [1.82, 2.24) is 0 Å². The van der Waals surface area contributed by atoms with Crippen molar-refractivity contribution in [3.8, 4) is 0 Å². The Morgan fingerprint density at radius 3 is 0.940 bits per heavy atom. The lowest BCUT2D eigenvalue weighted by molar-refractivity contribution is -0.167. The molecule has 6 nitrogen and oxygen atoms in total. The summed E-state index contributed by atoms with van der Waals surface area (Å²) in [6, 6.07) is 0. The maximum absolute atomic E-state index is 12.7. The Morgan fingerprint density at radius 1 is 0.313 bits per heavy atom. The van der Waals surface area contributed by atoms with Gasteiger partial charge in [0.25, 0.3) is 0 Å². The van der Waals surface area contributed by atoms with Crippen LogP contribution in [-0.2, 0) is 28.6 Å². The molecule has 0 aromatic heterocycles. The molecule has 0 fully saturated rings. The molecular formula is C61H100O6. The number of hydrogen-bond acceptors (Lipinski definition) is 6. The van der Waals surface area contributed by atoms with E-state index in [0.717, 1.165) is 141 Å². The summed E-state index contributed by atoms with van der Waals surface area (Å²) in [7, 11) is 0. The van der Waals surface area contributed by atoms with E-state index in [-0.39, 0.29) is 31.1 Å². The van der Waals surface area contributed by atoms with Gasteiger partial charge in [-0.1, -0.05) is 220 Å². The minimum absolute atomic E-state index is 0.0874. The second-order valence-corrected chi connectivity index (χ2v) is 17.8. The molecule has 380 valence electrons. The van der Waals surface area contributed by atoms with Gasteiger partial charge in [-0.05, 0) is 109 Å². The monoisotopic (exact) mass is 929 g/mol. The normalized spacial score (nSPS) is 12.9. The van der Waals surface area contributed by atoms with Gasteiger partial charge in [0.2, 0.25) is 0 Å². The topological polar surface area (TPSA) is 78.9 Å². The van der Waals surface area contributed by atoms with E-state index < -0.39 is 6.10 Å². The number of esters is 3. The summed E-state index contributed by atoms with van der Waals surface area (Å²) >= 11 is 0. The Morgan fingerprint density at radius 2 is 0.582 bits per heavy atom. The SMILES string of the molecule is CC/C=C\C/C=C\C/C=C\C/C=C\C/C=C\C/C=C\C/C=C\C/C=C\CCCCCCCCC(=O)OCC(COC(=O)CCCCCCC)OC(=O)CCCCCCC/C=C\CCCCCC. The van der Waals surface area contributed by atoms with E-state index in [1.165, 1.54) is 57.8 Å². The van der Waals surface area contributed by atoms with Crippen LogP contribution in [0.5, 0.6) is 0 Å². The van der Waals surface area contributed by atoms with E-state index in [1.807, 2.05) is 0 Å². The molecule has 0 N–H and O–H groups in total. The first-order valence-electron chi connectivity index (χ1n) is 27.4. The zero-order chi connectivity index (χ0) is 48.6. The first-order valence-corrected chi connectivity index (χ1v) is 27.4. The van der Waals surface area contributed by atoms with E-state index in [4.69, 9.17) is 14.2 Å². The number of allylic oxidation sites excluding steroid dienone is 18. The van der Waals surface area contributed by atoms with Crippen molar-refractivity contribution >= 4 is 17.9 Å². The van der Waals surface area contributed by atoms with Gasteiger partial charge in [0.1, 0.15) is 13.2 Å². The molecule has 0 saturated heterocycles. The molecule has 0 aliphatic rings. The molecule has 0 radical (unpaired) electrons. The van der Waals surface area contributed by atoms with Gasteiger partial charge in [0, 0.05) is 19.3 Å². The maximum Gasteiger partial charge on any atom is 0.306 e. The van der Waals surface area contributed by atoms with Crippen LogP contribution in [-0.4, -0.2) is 37.2 Å². The van der Waals surface area contributed by atoms with Crippen molar-refractivity contribution in [3.63, 3.8) is 0 Å². The van der Waals surface area contributed by atoms with E-state index >= 15 is 0 Å². The van der Waals surface area contributed by atoms with E-state index in [0.29, 0.717) is 19.3 Å². The quantitative estimate of drug-likeness (QED) is 0.0262. The van der Waals surface area contributed by atoms with Gasteiger partial charge in [-0.25, -0.2) is 0 Å². The van der Waals surface area contributed by atoms with Crippen LogP contribution >= 0.6 is 0 Å². The highest BCUT2D eigenvalue weighted by atomic mass is 16.6. The smallest absolute Gasteiger partial charge is 0.306 e. The van der Waals surface area contributed by atoms with Gasteiger partial charge < -0.3 is 14.2 Å². The summed E-state index contributed by atoms with van der Waals surface area (Å²) < 4.78 is 16.6. The molecule has 0 aliphatic heterocycles. The van der Waals surface area contributed by atoms with Gasteiger partial charge in [-0.15, -0.1) is 0 Å². The Bertz CT molecular complexity index is 1390. The first-order chi connectivity index (χ1) is 33.0. The highest BCUT2D eigenvalue weighted by Gasteiger charge is 2.19. The lowest BCUT2D eigenvalue weighted by Crippen LogP contribution is -2.30. The molecule has 0 aromatic rings. The molecule has 0 aromatic carbocycles. The van der Waals surface area contributed by atoms with Crippen molar-refractivity contribution in [2.75, 3.05) is 13.2 Å². The van der Waals surface area contributed by atoms with Gasteiger partial charge in [-0.3, -0.25) is 14.4 Å². The molecule has 1 atom stereocenters. The average molecular weight is 929 g/mol. The molecule has 67 heavy (non-hydrogen) atoms. The van der Waals surface area contributed by atoms with Crippen LogP contribution in [0, 0.1) is 0 Å². The van der Waals surface area contributed by atoms with Gasteiger partial charge in [0.05, 0.1) is 0 Å². The number of hydrogen-bond donors (Lipinski definition) is 0. The van der Waals surface area contributed by atoms with Crippen molar-refractivity contribution in [3.05, 3.63) is 109 Å². The molecule has 0 heterocycles. The zero-order valence-electron chi connectivity index (χ0n) is 43.4. The minimum Gasteiger partial charge on any atom is -0.462 e. The first kappa shape index (κ1) is 63.1. The number of carbonyl (C=O) groups is 3. The van der Waals surface area contributed by atoms with Gasteiger partial charge >= 0.3 is 17.9 Å². The average Bonchev–Trinajstić information content (AvgIpc) is 3.33. The predicted molar refractivity (Wildman–Crippen MR) is 288 cm³/mol. The van der Waals surface area contributed by atoms with Crippen LogP contribution in [0.3, 0.4) is 0 Å². The molecule has 1 unspecified atom stereocenters. The summed E-state index contributed by atoms with van der Waals surface area (Å²) in [5.74, 6) is -0.930. The Kier molecular flexibility index (Phi) is 51.5. The Balaban J connectivity index is 4.12. The van der Waals surface area contributed by atoms with Gasteiger partial charge in [-0.2, -0.15) is 0 Å². The van der Waals surface area contributed by atoms with E-state index in [2.05, 4.69) is 130 Å². The summed E-state index contributed by atoms with van der Waals surface area (Å²) in [5.41, 5.74) is 0. The lowest BCUT2D eigenvalue weighted by atomic mass is 10.1. The molecule has 0 spiro atoms. The molecule has 6 heteroatoms. The molecule has 0 aliphatic carbocycles. The third-order valence-corrected chi connectivity index (χ3v) is 11.3.